The Morgan fingerprint density at radius 3 is 2.59 bits per heavy atom. The molecule has 1 saturated carbocycles. The zero-order valence-corrected chi connectivity index (χ0v) is 14.1. The van der Waals surface area contributed by atoms with Crippen molar-refractivity contribution in [3.05, 3.63) is 0 Å². The van der Waals surface area contributed by atoms with Crippen molar-refractivity contribution in [2.45, 2.75) is 82.9 Å². The Hall–Kier alpha value is -0.610. The summed E-state index contributed by atoms with van der Waals surface area (Å²) >= 11 is 0. The highest BCUT2D eigenvalue weighted by atomic mass is 16.5. The van der Waals surface area contributed by atoms with Crippen molar-refractivity contribution in [1.82, 2.24) is 10.2 Å². The Labute approximate surface area is 135 Å². The maximum absolute atomic E-state index is 12.9. The molecular weight excluding hydrogens is 276 g/mol. The van der Waals surface area contributed by atoms with Crippen molar-refractivity contribution in [3.8, 4) is 0 Å². The summed E-state index contributed by atoms with van der Waals surface area (Å²) < 4.78 is 5.81. The molecule has 1 aliphatic carbocycles. The molecule has 3 fully saturated rings. The monoisotopic (exact) mass is 308 g/mol. The van der Waals surface area contributed by atoms with Crippen LogP contribution in [0.1, 0.15) is 64.7 Å². The molecule has 3 rings (SSSR count). The number of ether oxygens (including phenoxy) is 1. The molecule has 2 aliphatic heterocycles. The highest BCUT2D eigenvalue weighted by Gasteiger charge is 2.32. The van der Waals surface area contributed by atoms with E-state index >= 15 is 0 Å². The number of rotatable bonds is 5. The first-order chi connectivity index (χ1) is 10.7. The summed E-state index contributed by atoms with van der Waals surface area (Å²) in [6, 6.07) is 0.858. The van der Waals surface area contributed by atoms with E-state index in [0.717, 1.165) is 44.9 Å². The fraction of sp³-hybridized carbons (Fsp3) is 0.944. The lowest BCUT2D eigenvalue weighted by atomic mass is 9.86. The molecule has 126 valence electrons. The highest BCUT2D eigenvalue weighted by molar-refractivity contribution is 5.77. The summed E-state index contributed by atoms with van der Waals surface area (Å²) in [5, 5.41) is 3.47. The zero-order chi connectivity index (χ0) is 15.4. The fourth-order valence-electron chi connectivity index (χ4n) is 4.28. The van der Waals surface area contributed by atoms with Crippen LogP contribution in [0.15, 0.2) is 0 Å². The Morgan fingerprint density at radius 1 is 1.14 bits per heavy atom. The van der Waals surface area contributed by atoms with Crippen LogP contribution in [0.25, 0.3) is 0 Å². The van der Waals surface area contributed by atoms with Gasteiger partial charge >= 0.3 is 0 Å². The average Bonchev–Trinajstić information content (AvgIpc) is 3.19. The van der Waals surface area contributed by atoms with E-state index in [1.165, 1.54) is 32.1 Å². The Morgan fingerprint density at radius 2 is 1.95 bits per heavy atom. The first-order valence-electron chi connectivity index (χ1n) is 9.37. The van der Waals surface area contributed by atoms with E-state index in [0.29, 0.717) is 24.4 Å². The second-order valence-corrected chi connectivity index (χ2v) is 7.59. The van der Waals surface area contributed by atoms with Crippen LogP contribution in [-0.4, -0.2) is 48.7 Å². The molecule has 0 aromatic rings. The minimum absolute atomic E-state index is 0.278. The van der Waals surface area contributed by atoms with Gasteiger partial charge in [-0.15, -0.1) is 0 Å². The maximum atomic E-state index is 12.9. The van der Waals surface area contributed by atoms with Gasteiger partial charge in [0.25, 0.3) is 0 Å². The summed E-state index contributed by atoms with van der Waals surface area (Å²) in [6.45, 7) is 5.11. The molecule has 22 heavy (non-hydrogen) atoms. The lowest BCUT2D eigenvalue weighted by Crippen LogP contribution is -2.47. The number of carbonyl (C=O) groups excluding carboxylic acids is 1. The number of hydrogen-bond acceptors (Lipinski definition) is 3. The van der Waals surface area contributed by atoms with Crippen molar-refractivity contribution in [2.75, 3.05) is 19.7 Å². The molecule has 1 amide bonds. The number of hydrogen-bond donors (Lipinski definition) is 1. The molecule has 0 spiro atoms. The highest BCUT2D eigenvalue weighted by Crippen LogP contribution is 2.29. The fourth-order valence-corrected chi connectivity index (χ4v) is 4.28. The number of nitrogens with zero attached hydrogens (tertiary/aromatic N) is 1. The van der Waals surface area contributed by atoms with Gasteiger partial charge in [0.1, 0.15) is 0 Å². The van der Waals surface area contributed by atoms with Crippen LogP contribution in [0, 0.1) is 5.92 Å². The van der Waals surface area contributed by atoms with Crippen LogP contribution >= 0.6 is 0 Å². The Balaban J connectivity index is 1.60. The Bertz CT molecular complexity index is 354. The molecular formula is C18H32N2O2. The summed E-state index contributed by atoms with van der Waals surface area (Å²) in [7, 11) is 0. The van der Waals surface area contributed by atoms with Crippen molar-refractivity contribution >= 4 is 5.91 Å². The van der Waals surface area contributed by atoms with E-state index in [1.807, 2.05) is 0 Å². The molecule has 4 nitrogen and oxygen atoms in total. The van der Waals surface area contributed by atoms with Gasteiger partial charge in [0.05, 0.1) is 6.10 Å². The predicted octanol–water partition coefficient (Wildman–Crippen LogP) is 2.71. The van der Waals surface area contributed by atoms with E-state index in [-0.39, 0.29) is 6.10 Å². The van der Waals surface area contributed by atoms with Gasteiger partial charge in [0, 0.05) is 31.7 Å². The van der Waals surface area contributed by atoms with Crippen LogP contribution < -0.4 is 5.32 Å². The third kappa shape index (κ3) is 4.23. The number of nitrogens with one attached hydrogen (secondary N) is 1. The minimum atomic E-state index is 0.278. The summed E-state index contributed by atoms with van der Waals surface area (Å²) in [6.07, 6.45) is 10.5. The lowest BCUT2D eigenvalue weighted by Gasteiger charge is -2.38. The lowest BCUT2D eigenvalue weighted by molar-refractivity contribution is -0.136. The van der Waals surface area contributed by atoms with Gasteiger partial charge in [-0.2, -0.15) is 0 Å². The number of amides is 1. The van der Waals surface area contributed by atoms with Crippen molar-refractivity contribution < 1.29 is 9.53 Å². The summed E-state index contributed by atoms with van der Waals surface area (Å²) in [5.74, 6) is 1.18. The molecule has 2 unspecified atom stereocenters. The maximum Gasteiger partial charge on any atom is 0.224 e. The predicted molar refractivity (Wildman–Crippen MR) is 87.7 cm³/mol. The molecule has 0 bridgehead atoms. The van der Waals surface area contributed by atoms with Crippen LogP contribution in [0.5, 0.6) is 0 Å². The topological polar surface area (TPSA) is 41.6 Å². The summed E-state index contributed by atoms with van der Waals surface area (Å²) in [5.41, 5.74) is 0. The molecule has 0 aromatic heterocycles. The normalized spacial score (nSPS) is 35.7. The van der Waals surface area contributed by atoms with Gasteiger partial charge in [0.2, 0.25) is 5.91 Å². The van der Waals surface area contributed by atoms with Gasteiger partial charge in [-0.1, -0.05) is 6.92 Å². The number of carbonyl (C=O) groups is 1. The van der Waals surface area contributed by atoms with Crippen LogP contribution in [0.4, 0.5) is 0 Å². The molecule has 2 heterocycles. The summed E-state index contributed by atoms with van der Waals surface area (Å²) in [4.78, 5) is 15.1. The van der Waals surface area contributed by atoms with Gasteiger partial charge < -0.3 is 15.0 Å². The molecule has 2 atom stereocenters. The first-order valence-corrected chi connectivity index (χ1v) is 9.37. The van der Waals surface area contributed by atoms with Crippen molar-refractivity contribution in [1.29, 1.82) is 0 Å². The molecule has 4 heteroatoms. The molecule has 2 saturated heterocycles. The molecule has 0 radical (unpaired) electrons. The van der Waals surface area contributed by atoms with Gasteiger partial charge in [-0.05, 0) is 63.8 Å². The molecule has 1 N–H and O–H groups in total. The standard InChI is InChI=1S/C18H32N2O2/c1-14-6-8-16(9-7-14)20(13-17-5-3-11-22-17)18(21)12-15-4-2-10-19-15/h14-17,19H,2-13H2,1H3. The van der Waals surface area contributed by atoms with E-state index in [1.54, 1.807) is 0 Å². The van der Waals surface area contributed by atoms with Crippen LogP contribution in [-0.2, 0) is 9.53 Å². The second-order valence-electron chi connectivity index (χ2n) is 7.59. The SMILES string of the molecule is CC1CCC(N(CC2CCCO2)C(=O)CC2CCCN2)CC1. The van der Waals surface area contributed by atoms with Crippen molar-refractivity contribution in [2.24, 2.45) is 5.92 Å². The van der Waals surface area contributed by atoms with E-state index in [2.05, 4.69) is 17.1 Å². The minimum Gasteiger partial charge on any atom is -0.376 e. The van der Waals surface area contributed by atoms with Gasteiger partial charge in [0.15, 0.2) is 0 Å². The van der Waals surface area contributed by atoms with E-state index in [4.69, 9.17) is 4.74 Å². The van der Waals surface area contributed by atoms with Crippen molar-refractivity contribution in [3.63, 3.8) is 0 Å². The van der Waals surface area contributed by atoms with Gasteiger partial charge in [-0.25, -0.2) is 0 Å². The molecule has 3 aliphatic rings. The third-order valence-corrected chi connectivity index (χ3v) is 5.75. The largest absolute Gasteiger partial charge is 0.376 e. The van der Waals surface area contributed by atoms with Crippen LogP contribution in [0.2, 0.25) is 0 Å². The first kappa shape index (κ1) is 16.3. The third-order valence-electron chi connectivity index (χ3n) is 5.75. The average molecular weight is 308 g/mol. The second kappa shape index (κ2) is 7.78. The van der Waals surface area contributed by atoms with Crippen LogP contribution in [0.3, 0.4) is 0 Å². The molecule has 0 aromatic carbocycles. The van der Waals surface area contributed by atoms with E-state index in [9.17, 15) is 4.79 Å². The Kier molecular flexibility index (Phi) is 5.75. The smallest absolute Gasteiger partial charge is 0.224 e. The quantitative estimate of drug-likeness (QED) is 0.849. The van der Waals surface area contributed by atoms with E-state index < -0.39 is 0 Å². The zero-order valence-electron chi connectivity index (χ0n) is 14.1. The van der Waals surface area contributed by atoms with Gasteiger partial charge in [-0.3, -0.25) is 4.79 Å².